The van der Waals surface area contributed by atoms with Crippen molar-refractivity contribution in [2.75, 3.05) is 14.2 Å². The van der Waals surface area contributed by atoms with Gasteiger partial charge in [-0.3, -0.25) is 19.1 Å². The summed E-state index contributed by atoms with van der Waals surface area (Å²) in [6, 6.07) is 6.90. The smallest absolute Gasteiger partial charge is 0.872 e. The summed E-state index contributed by atoms with van der Waals surface area (Å²) in [5.74, 6) is -1.91. The second-order valence-electron chi connectivity index (χ2n) is 7.97. The Bertz CT molecular complexity index is 1570. The average Bonchev–Trinajstić information content (AvgIpc) is 2.82. The molecule has 2 N–H and O–H groups in total. The van der Waals surface area contributed by atoms with Gasteiger partial charge in [0.2, 0.25) is 0 Å². The van der Waals surface area contributed by atoms with Crippen LogP contribution in [0, 0.1) is 13.8 Å². The SMILES string of the molecule is COc1cc([O-])c(C=Nc2cc(C)c(C)cc2N=Cc2cc(S(=O)(=O)O)c(OC)cc2[O-])cc1S(=O)(=O)O.[Na+].[Na+]. The third-order valence-electron chi connectivity index (χ3n) is 5.42. The first kappa shape index (κ1) is 36.0. The normalized spacial score (nSPS) is 11.8. The summed E-state index contributed by atoms with van der Waals surface area (Å²) in [6.07, 6.45) is 2.17. The van der Waals surface area contributed by atoms with Crippen LogP contribution >= 0.6 is 0 Å². The van der Waals surface area contributed by atoms with E-state index in [1.165, 1.54) is 0 Å². The summed E-state index contributed by atoms with van der Waals surface area (Å²) < 4.78 is 75.4. The molecule has 3 rings (SSSR count). The van der Waals surface area contributed by atoms with Crippen molar-refractivity contribution in [3.8, 4) is 23.0 Å². The summed E-state index contributed by atoms with van der Waals surface area (Å²) in [4.78, 5) is 7.26. The van der Waals surface area contributed by atoms with Crippen LogP contribution in [0.25, 0.3) is 0 Å². The molecule has 0 aliphatic rings. The van der Waals surface area contributed by atoms with E-state index >= 15 is 0 Å². The fourth-order valence-corrected chi connectivity index (χ4v) is 4.65. The van der Waals surface area contributed by atoms with Gasteiger partial charge in [0, 0.05) is 12.4 Å². The molecule has 0 aliphatic carbocycles. The van der Waals surface area contributed by atoms with Crippen LogP contribution in [-0.4, -0.2) is 52.6 Å². The molecule has 0 amide bonds. The standard InChI is InChI=1S/C24H24N2O10S2.2Na/c1-13-5-17(25-11-15-7-23(37(29,30)31)21(35-3)9-19(15)27)18(6-14(13)2)26-12-16-8-24(38(32,33)34)22(36-4)10-20(16)28;;/h5-12,27-28H,1-4H3,(H,29,30,31)(H,32,33,34);;/q;2*+1/p-2. The molecule has 0 saturated carbocycles. The molecule has 0 radical (unpaired) electrons. The summed E-state index contributed by atoms with van der Waals surface area (Å²) in [5, 5.41) is 24.9. The van der Waals surface area contributed by atoms with Gasteiger partial charge in [-0.15, -0.1) is 0 Å². The van der Waals surface area contributed by atoms with Crippen molar-refractivity contribution in [2.24, 2.45) is 9.98 Å². The zero-order chi connectivity index (χ0) is 28.4. The first-order chi connectivity index (χ1) is 17.6. The van der Waals surface area contributed by atoms with Crippen molar-refractivity contribution >= 4 is 44.0 Å². The largest absolute Gasteiger partial charge is 1.00 e. The Balaban J connectivity index is 0.00000400. The maximum Gasteiger partial charge on any atom is 1.00 e. The average molecular weight is 609 g/mol. The number of ether oxygens (including phenoxy) is 2. The minimum Gasteiger partial charge on any atom is -0.872 e. The maximum atomic E-state index is 12.4. The predicted molar refractivity (Wildman–Crippen MR) is 135 cm³/mol. The van der Waals surface area contributed by atoms with E-state index in [4.69, 9.17) is 9.47 Å². The van der Waals surface area contributed by atoms with Gasteiger partial charge in [-0.25, -0.2) is 0 Å². The molecule has 0 aliphatic heterocycles. The zero-order valence-electron chi connectivity index (χ0n) is 22.5. The van der Waals surface area contributed by atoms with E-state index in [1.54, 1.807) is 26.0 Å². The summed E-state index contributed by atoms with van der Waals surface area (Å²) in [5.41, 5.74) is 1.72. The third-order valence-corrected chi connectivity index (χ3v) is 7.17. The van der Waals surface area contributed by atoms with Crippen molar-refractivity contribution < 1.29 is 105 Å². The number of nitrogens with zero attached hydrogens (tertiary/aromatic N) is 2. The van der Waals surface area contributed by atoms with E-state index < -0.39 is 41.5 Å². The van der Waals surface area contributed by atoms with Gasteiger partial charge >= 0.3 is 59.1 Å². The van der Waals surface area contributed by atoms with Gasteiger partial charge < -0.3 is 19.7 Å². The van der Waals surface area contributed by atoms with Crippen molar-refractivity contribution in [1.82, 2.24) is 0 Å². The van der Waals surface area contributed by atoms with Gasteiger partial charge in [-0.1, -0.05) is 11.5 Å². The second kappa shape index (κ2) is 14.3. The number of aliphatic imine (C=N–C) groups is 2. The monoisotopic (exact) mass is 608 g/mol. The molecular weight excluding hydrogens is 586 g/mol. The Morgan fingerprint density at radius 2 is 1.00 bits per heavy atom. The molecule has 0 spiro atoms. The molecule has 0 fully saturated rings. The van der Waals surface area contributed by atoms with Crippen molar-refractivity contribution in [2.45, 2.75) is 23.6 Å². The number of benzene rings is 3. The minimum atomic E-state index is -4.70. The maximum absolute atomic E-state index is 12.4. The Morgan fingerprint density at radius 3 is 1.27 bits per heavy atom. The van der Waals surface area contributed by atoms with E-state index in [0.717, 1.165) is 62.0 Å². The number of hydrogen-bond acceptors (Lipinski definition) is 10. The Morgan fingerprint density at radius 1 is 0.675 bits per heavy atom. The molecule has 3 aromatic carbocycles. The molecule has 0 bridgehead atoms. The third kappa shape index (κ3) is 8.52. The molecule has 16 heteroatoms. The molecule has 0 heterocycles. The molecule has 3 aromatic rings. The molecule has 0 unspecified atom stereocenters. The molecule has 40 heavy (non-hydrogen) atoms. The van der Waals surface area contributed by atoms with Crippen LogP contribution in [0.3, 0.4) is 0 Å². The van der Waals surface area contributed by atoms with Crippen LogP contribution in [0.4, 0.5) is 11.4 Å². The first-order valence-electron chi connectivity index (χ1n) is 10.6. The van der Waals surface area contributed by atoms with Crippen molar-refractivity contribution in [1.29, 1.82) is 0 Å². The number of methoxy groups -OCH3 is 2. The number of hydrogen-bond donors (Lipinski definition) is 2. The fourth-order valence-electron chi connectivity index (χ4n) is 3.31. The van der Waals surface area contributed by atoms with E-state index in [-0.39, 0.29) is 93.1 Å². The van der Waals surface area contributed by atoms with Crippen LogP contribution in [-0.2, 0) is 20.2 Å². The van der Waals surface area contributed by atoms with E-state index in [0.29, 0.717) is 0 Å². The Labute approximate surface area is 275 Å². The first-order valence-corrected chi connectivity index (χ1v) is 13.5. The van der Waals surface area contributed by atoms with Gasteiger partial charge in [0.25, 0.3) is 20.2 Å². The zero-order valence-corrected chi connectivity index (χ0v) is 28.1. The van der Waals surface area contributed by atoms with Crippen LogP contribution in [0.2, 0.25) is 0 Å². The number of aryl methyl sites for hydroxylation is 2. The minimum absolute atomic E-state index is 0. The fraction of sp³-hybridized carbons (Fsp3) is 0.167. The van der Waals surface area contributed by atoms with E-state index in [2.05, 4.69) is 9.98 Å². The number of rotatable bonds is 8. The summed E-state index contributed by atoms with van der Waals surface area (Å²) in [7, 11) is -7.11. The second-order valence-corrected chi connectivity index (χ2v) is 10.8. The molecule has 12 nitrogen and oxygen atoms in total. The van der Waals surface area contributed by atoms with Gasteiger partial charge in [-0.2, -0.15) is 16.8 Å². The van der Waals surface area contributed by atoms with Crippen molar-refractivity contribution in [3.63, 3.8) is 0 Å². The van der Waals surface area contributed by atoms with Crippen molar-refractivity contribution in [3.05, 3.63) is 58.7 Å². The molecule has 0 atom stereocenters. The van der Waals surface area contributed by atoms with Gasteiger partial charge in [-0.05, 0) is 72.5 Å². The molecule has 0 saturated heterocycles. The van der Waals surface area contributed by atoms with Crippen LogP contribution in [0.1, 0.15) is 22.3 Å². The van der Waals surface area contributed by atoms with Crippen LogP contribution < -0.4 is 78.8 Å². The Hall–Kier alpha value is -1.98. The Kier molecular flexibility index (Phi) is 12.9. The topological polar surface area (TPSA) is 198 Å². The van der Waals surface area contributed by atoms with E-state index in [9.17, 15) is 36.2 Å². The summed E-state index contributed by atoms with van der Waals surface area (Å²) >= 11 is 0. The van der Waals surface area contributed by atoms with Crippen LogP contribution in [0.5, 0.6) is 23.0 Å². The van der Waals surface area contributed by atoms with E-state index in [1.807, 2.05) is 0 Å². The van der Waals surface area contributed by atoms with Crippen LogP contribution in [0.15, 0.2) is 56.2 Å². The van der Waals surface area contributed by atoms with Gasteiger partial charge in [0.1, 0.15) is 21.3 Å². The molecule has 202 valence electrons. The van der Waals surface area contributed by atoms with Gasteiger partial charge in [0.05, 0.1) is 25.6 Å². The molecular formula is C24H22N2Na2O10S2. The summed E-state index contributed by atoms with van der Waals surface area (Å²) in [6.45, 7) is 3.59. The molecule has 0 aromatic heterocycles. The van der Waals surface area contributed by atoms with Gasteiger partial charge in [0.15, 0.2) is 0 Å². The predicted octanol–water partition coefficient (Wildman–Crippen LogP) is -3.53. The quantitative estimate of drug-likeness (QED) is 0.147.